The summed E-state index contributed by atoms with van der Waals surface area (Å²) in [5.74, 6) is 1.10. The van der Waals surface area contributed by atoms with Gasteiger partial charge in [0.2, 0.25) is 5.91 Å². The number of primary amides is 1. The van der Waals surface area contributed by atoms with E-state index in [1.54, 1.807) is 12.1 Å². The molecule has 0 aromatic heterocycles. The minimum Gasteiger partial charge on any atom is -0.460 e. The van der Waals surface area contributed by atoms with Gasteiger partial charge >= 0.3 is 5.97 Å². The molecule has 6 nitrogen and oxygen atoms in total. The van der Waals surface area contributed by atoms with E-state index < -0.39 is 17.9 Å². The van der Waals surface area contributed by atoms with Gasteiger partial charge in [-0.1, -0.05) is 42.5 Å². The van der Waals surface area contributed by atoms with Crippen molar-refractivity contribution >= 4 is 17.8 Å². The molecule has 2 aromatic carbocycles. The number of amides is 2. The lowest BCUT2D eigenvalue weighted by Crippen LogP contribution is -2.52. The Kier molecular flexibility index (Phi) is 6.40. The molecule has 0 saturated heterocycles. The zero-order valence-corrected chi connectivity index (χ0v) is 19.3. The van der Waals surface area contributed by atoms with E-state index in [0.717, 1.165) is 48.6 Å². The Hall–Kier alpha value is -3.15. The molecule has 6 heteroatoms. The molecule has 2 aromatic rings. The maximum absolute atomic E-state index is 13.2. The van der Waals surface area contributed by atoms with E-state index in [-0.39, 0.29) is 24.9 Å². The van der Waals surface area contributed by atoms with Gasteiger partial charge in [-0.2, -0.15) is 0 Å². The van der Waals surface area contributed by atoms with Crippen LogP contribution in [0.2, 0.25) is 0 Å². The highest BCUT2D eigenvalue weighted by molar-refractivity contribution is 5.97. The van der Waals surface area contributed by atoms with Crippen LogP contribution >= 0.6 is 0 Å². The van der Waals surface area contributed by atoms with Crippen molar-refractivity contribution in [3.05, 3.63) is 60.2 Å². The molecule has 4 aliphatic rings. The maximum Gasteiger partial charge on any atom is 0.328 e. The van der Waals surface area contributed by atoms with Gasteiger partial charge in [0.15, 0.2) is 0 Å². The summed E-state index contributed by atoms with van der Waals surface area (Å²) in [7, 11) is 0. The molecule has 4 bridgehead atoms. The molecule has 6 rings (SSSR count). The highest BCUT2D eigenvalue weighted by Crippen LogP contribution is 2.54. The van der Waals surface area contributed by atoms with Crippen LogP contribution in [0.25, 0.3) is 11.1 Å². The highest BCUT2D eigenvalue weighted by atomic mass is 16.5. The predicted molar refractivity (Wildman–Crippen MR) is 128 cm³/mol. The molecule has 178 valence electrons. The van der Waals surface area contributed by atoms with Crippen molar-refractivity contribution in [2.45, 2.75) is 57.1 Å². The van der Waals surface area contributed by atoms with Crippen LogP contribution in [0, 0.1) is 23.7 Å². The van der Waals surface area contributed by atoms with Crippen molar-refractivity contribution in [2.24, 2.45) is 29.4 Å². The Morgan fingerprint density at radius 1 is 0.853 bits per heavy atom. The van der Waals surface area contributed by atoms with Crippen molar-refractivity contribution in [3.8, 4) is 11.1 Å². The molecule has 0 aliphatic heterocycles. The SMILES string of the molecule is NC(=O)CC[C@H](NC(=O)c1ccc(-c2ccccc2)cc1)C(=O)OC1C2CC3CC(C2)CC1C3. The minimum atomic E-state index is -0.897. The molecular formula is C28H32N2O4. The van der Waals surface area contributed by atoms with Gasteiger partial charge < -0.3 is 15.8 Å². The van der Waals surface area contributed by atoms with Crippen LogP contribution in [0.5, 0.6) is 0 Å². The van der Waals surface area contributed by atoms with Gasteiger partial charge in [-0.3, -0.25) is 9.59 Å². The van der Waals surface area contributed by atoms with Crippen LogP contribution in [0.15, 0.2) is 54.6 Å². The van der Waals surface area contributed by atoms with Crippen molar-refractivity contribution in [1.82, 2.24) is 5.32 Å². The lowest BCUT2D eigenvalue weighted by Gasteiger charge is -2.53. The zero-order valence-electron chi connectivity index (χ0n) is 19.3. The van der Waals surface area contributed by atoms with E-state index in [4.69, 9.17) is 10.5 Å². The number of nitrogens with two attached hydrogens (primary N) is 1. The number of rotatable bonds is 8. The van der Waals surface area contributed by atoms with E-state index in [9.17, 15) is 14.4 Å². The number of hydrogen-bond donors (Lipinski definition) is 2. The van der Waals surface area contributed by atoms with Crippen LogP contribution in [0.3, 0.4) is 0 Å². The Balaban J connectivity index is 1.25. The first-order valence-electron chi connectivity index (χ1n) is 12.4. The summed E-state index contributed by atoms with van der Waals surface area (Å²) in [6.07, 6.45) is 5.94. The van der Waals surface area contributed by atoms with E-state index in [1.165, 1.54) is 6.42 Å². The molecule has 1 atom stereocenters. The first-order valence-corrected chi connectivity index (χ1v) is 12.4. The summed E-state index contributed by atoms with van der Waals surface area (Å²) in [4.78, 5) is 37.5. The molecule has 2 amide bonds. The largest absolute Gasteiger partial charge is 0.460 e. The summed E-state index contributed by atoms with van der Waals surface area (Å²) in [5, 5.41) is 2.80. The fourth-order valence-electron chi connectivity index (χ4n) is 6.51. The number of carbonyl (C=O) groups is 3. The van der Waals surface area contributed by atoms with Crippen LogP contribution in [-0.2, 0) is 14.3 Å². The van der Waals surface area contributed by atoms with Gasteiger partial charge in [0.05, 0.1) is 0 Å². The van der Waals surface area contributed by atoms with Crippen molar-refractivity contribution in [1.29, 1.82) is 0 Å². The molecule has 3 N–H and O–H groups in total. The number of nitrogens with one attached hydrogen (secondary N) is 1. The summed E-state index contributed by atoms with van der Waals surface area (Å²) in [6, 6.07) is 16.3. The lowest BCUT2D eigenvalue weighted by atomic mass is 9.55. The van der Waals surface area contributed by atoms with Gasteiger partial charge in [0.25, 0.3) is 5.91 Å². The lowest BCUT2D eigenvalue weighted by molar-refractivity contribution is -0.173. The van der Waals surface area contributed by atoms with Gasteiger partial charge in [-0.25, -0.2) is 4.79 Å². The molecule has 0 spiro atoms. The second kappa shape index (κ2) is 9.61. The Labute approximate surface area is 200 Å². The smallest absolute Gasteiger partial charge is 0.328 e. The molecule has 34 heavy (non-hydrogen) atoms. The van der Waals surface area contributed by atoms with Gasteiger partial charge in [0.1, 0.15) is 12.1 Å². The van der Waals surface area contributed by atoms with E-state index in [0.29, 0.717) is 17.4 Å². The Morgan fingerprint density at radius 3 is 2.03 bits per heavy atom. The van der Waals surface area contributed by atoms with Crippen molar-refractivity contribution < 1.29 is 19.1 Å². The van der Waals surface area contributed by atoms with E-state index >= 15 is 0 Å². The number of hydrogen-bond acceptors (Lipinski definition) is 4. The standard InChI is InChI=1S/C28H32N2O4/c29-25(31)11-10-24(28(33)34-26-22-13-17-12-18(15-22)16-23(26)14-17)30-27(32)21-8-6-20(7-9-21)19-4-2-1-3-5-19/h1-9,17-18,22-24,26H,10-16H2,(H2,29,31)(H,30,32)/t17?,18?,22?,23?,24-,26?/m0/s1. The first kappa shape index (κ1) is 22.6. The normalized spacial score (nSPS) is 27.7. The van der Waals surface area contributed by atoms with Crippen molar-refractivity contribution in [3.63, 3.8) is 0 Å². The van der Waals surface area contributed by atoms with Gasteiger partial charge in [0, 0.05) is 12.0 Å². The number of benzene rings is 2. The number of esters is 1. The monoisotopic (exact) mass is 460 g/mol. The average molecular weight is 461 g/mol. The molecular weight excluding hydrogens is 428 g/mol. The first-order chi connectivity index (χ1) is 16.5. The predicted octanol–water partition coefficient (Wildman–Crippen LogP) is 4.09. The molecule has 0 heterocycles. The third-order valence-electron chi connectivity index (χ3n) is 7.92. The average Bonchev–Trinajstić information content (AvgIpc) is 2.84. The van der Waals surface area contributed by atoms with Crippen LogP contribution in [0.4, 0.5) is 0 Å². The minimum absolute atomic E-state index is 0.00859. The summed E-state index contributed by atoms with van der Waals surface area (Å²) < 4.78 is 6.03. The molecule has 0 radical (unpaired) electrons. The second-order valence-corrected chi connectivity index (χ2v) is 10.3. The number of ether oxygens (including phenoxy) is 1. The summed E-state index contributed by atoms with van der Waals surface area (Å²) >= 11 is 0. The molecule has 4 saturated carbocycles. The van der Waals surface area contributed by atoms with Gasteiger partial charge in [-0.15, -0.1) is 0 Å². The van der Waals surface area contributed by atoms with Crippen molar-refractivity contribution in [2.75, 3.05) is 0 Å². The number of carbonyl (C=O) groups excluding carboxylic acids is 3. The van der Waals surface area contributed by atoms with E-state index in [2.05, 4.69) is 5.32 Å². The quantitative estimate of drug-likeness (QED) is 0.580. The summed E-state index contributed by atoms with van der Waals surface area (Å²) in [6.45, 7) is 0. The third-order valence-corrected chi connectivity index (χ3v) is 7.92. The fraction of sp³-hybridized carbons (Fsp3) is 0.464. The van der Waals surface area contributed by atoms with Crippen LogP contribution in [-0.4, -0.2) is 29.9 Å². The molecule has 0 unspecified atom stereocenters. The Bertz CT molecular complexity index is 1020. The second-order valence-electron chi connectivity index (χ2n) is 10.3. The Morgan fingerprint density at radius 2 is 1.44 bits per heavy atom. The van der Waals surface area contributed by atoms with Crippen LogP contribution in [0.1, 0.15) is 55.3 Å². The van der Waals surface area contributed by atoms with E-state index in [1.807, 2.05) is 42.5 Å². The highest BCUT2D eigenvalue weighted by Gasteiger charge is 2.50. The fourth-order valence-corrected chi connectivity index (χ4v) is 6.51. The summed E-state index contributed by atoms with van der Waals surface area (Å²) in [5.41, 5.74) is 7.85. The third kappa shape index (κ3) is 4.86. The van der Waals surface area contributed by atoms with Crippen LogP contribution < -0.4 is 11.1 Å². The molecule has 4 fully saturated rings. The molecule has 4 aliphatic carbocycles. The topological polar surface area (TPSA) is 98.5 Å². The zero-order chi connectivity index (χ0) is 23.7. The van der Waals surface area contributed by atoms with Gasteiger partial charge in [-0.05, 0) is 85.5 Å². The maximum atomic E-state index is 13.2.